The maximum Gasteiger partial charge on any atom is 0.269 e. The van der Waals surface area contributed by atoms with Crippen LogP contribution in [0.25, 0.3) is 0 Å². The third kappa shape index (κ3) is 4.37. The Hall–Kier alpha value is -0.780. The van der Waals surface area contributed by atoms with Crippen LogP contribution in [0.15, 0.2) is 18.2 Å². The molecule has 19 heavy (non-hydrogen) atoms. The van der Waals surface area contributed by atoms with Crippen molar-refractivity contribution in [1.82, 2.24) is 5.32 Å². The van der Waals surface area contributed by atoms with Crippen molar-refractivity contribution in [1.29, 1.82) is 0 Å². The SMILES string of the molecule is O=[N+]([O-])c1ccc(Cl)c(CNCC2CCSCC2)c1. The second-order valence-electron chi connectivity index (χ2n) is 4.72. The Labute approximate surface area is 122 Å². The van der Waals surface area contributed by atoms with Crippen molar-refractivity contribution in [3.63, 3.8) is 0 Å². The Kier molecular flexibility index (Phi) is 5.48. The minimum absolute atomic E-state index is 0.0928. The first-order chi connectivity index (χ1) is 9.16. The predicted octanol–water partition coefficient (Wildman–Crippen LogP) is 3.48. The number of benzene rings is 1. The lowest BCUT2D eigenvalue weighted by Crippen LogP contribution is -2.25. The summed E-state index contributed by atoms with van der Waals surface area (Å²) in [6.07, 6.45) is 2.50. The largest absolute Gasteiger partial charge is 0.312 e. The van der Waals surface area contributed by atoms with E-state index in [-0.39, 0.29) is 5.69 Å². The summed E-state index contributed by atoms with van der Waals surface area (Å²) in [6, 6.07) is 4.57. The van der Waals surface area contributed by atoms with Crippen molar-refractivity contribution in [2.24, 2.45) is 5.92 Å². The summed E-state index contributed by atoms with van der Waals surface area (Å²) in [5, 5.41) is 14.7. The van der Waals surface area contributed by atoms with E-state index in [4.69, 9.17) is 11.6 Å². The van der Waals surface area contributed by atoms with Gasteiger partial charge in [-0.3, -0.25) is 10.1 Å². The topological polar surface area (TPSA) is 55.2 Å². The van der Waals surface area contributed by atoms with Crippen LogP contribution >= 0.6 is 23.4 Å². The summed E-state index contributed by atoms with van der Waals surface area (Å²) in [6.45, 7) is 1.55. The standard InChI is InChI=1S/C13H17ClN2O2S/c14-13-2-1-12(16(17)18)7-11(13)9-15-8-10-3-5-19-6-4-10/h1-2,7,10,15H,3-6,8-9H2. The lowest BCUT2D eigenvalue weighted by Gasteiger charge is -2.21. The van der Waals surface area contributed by atoms with Crippen LogP contribution in [0.1, 0.15) is 18.4 Å². The van der Waals surface area contributed by atoms with Crippen LogP contribution in [-0.4, -0.2) is 23.0 Å². The quantitative estimate of drug-likeness (QED) is 0.668. The number of nitro benzene ring substituents is 1. The van der Waals surface area contributed by atoms with Gasteiger partial charge in [-0.05, 0) is 48.4 Å². The van der Waals surface area contributed by atoms with Gasteiger partial charge in [0.05, 0.1) is 4.92 Å². The van der Waals surface area contributed by atoms with Crippen LogP contribution in [0.5, 0.6) is 0 Å². The summed E-state index contributed by atoms with van der Waals surface area (Å²) in [5.41, 5.74) is 0.885. The number of nitrogens with zero attached hydrogens (tertiary/aromatic N) is 1. The fraction of sp³-hybridized carbons (Fsp3) is 0.538. The molecular formula is C13H17ClN2O2S. The van der Waals surface area contributed by atoms with Gasteiger partial charge in [0.25, 0.3) is 5.69 Å². The van der Waals surface area contributed by atoms with E-state index in [9.17, 15) is 10.1 Å². The fourth-order valence-electron chi connectivity index (χ4n) is 2.17. The van der Waals surface area contributed by atoms with Crippen LogP contribution < -0.4 is 5.32 Å². The lowest BCUT2D eigenvalue weighted by molar-refractivity contribution is -0.384. The number of hydrogen-bond donors (Lipinski definition) is 1. The van der Waals surface area contributed by atoms with Gasteiger partial charge in [-0.1, -0.05) is 11.6 Å². The Morgan fingerprint density at radius 3 is 2.84 bits per heavy atom. The van der Waals surface area contributed by atoms with Gasteiger partial charge < -0.3 is 5.32 Å². The van der Waals surface area contributed by atoms with E-state index >= 15 is 0 Å². The van der Waals surface area contributed by atoms with Crippen LogP contribution in [-0.2, 0) is 6.54 Å². The highest BCUT2D eigenvalue weighted by atomic mass is 35.5. The molecule has 1 aliphatic heterocycles. The zero-order chi connectivity index (χ0) is 13.7. The van der Waals surface area contributed by atoms with Gasteiger partial charge in [0, 0.05) is 23.7 Å². The molecule has 0 atom stereocenters. The molecule has 1 aliphatic rings. The van der Waals surface area contributed by atoms with Crippen LogP contribution in [0.2, 0.25) is 5.02 Å². The molecule has 104 valence electrons. The smallest absolute Gasteiger partial charge is 0.269 e. The van der Waals surface area contributed by atoms with Gasteiger partial charge >= 0.3 is 0 Å². The first-order valence-electron chi connectivity index (χ1n) is 6.38. The number of thioether (sulfide) groups is 1. The highest BCUT2D eigenvalue weighted by molar-refractivity contribution is 7.99. The van der Waals surface area contributed by atoms with E-state index in [0.29, 0.717) is 11.6 Å². The average molecular weight is 301 g/mol. The minimum atomic E-state index is -0.391. The van der Waals surface area contributed by atoms with Gasteiger partial charge in [0.1, 0.15) is 0 Å². The number of nitrogens with one attached hydrogen (secondary N) is 1. The van der Waals surface area contributed by atoms with Gasteiger partial charge in [-0.15, -0.1) is 0 Å². The molecule has 0 spiro atoms. The monoisotopic (exact) mass is 300 g/mol. The van der Waals surface area contributed by atoms with Crippen molar-refractivity contribution in [3.8, 4) is 0 Å². The summed E-state index contributed by atoms with van der Waals surface area (Å²) >= 11 is 8.07. The fourth-order valence-corrected chi connectivity index (χ4v) is 3.56. The molecule has 0 unspecified atom stereocenters. The predicted molar refractivity (Wildman–Crippen MR) is 79.9 cm³/mol. The normalized spacial score (nSPS) is 16.5. The summed E-state index contributed by atoms with van der Waals surface area (Å²) < 4.78 is 0. The number of hydrogen-bond acceptors (Lipinski definition) is 4. The molecule has 1 aromatic carbocycles. The van der Waals surface area contributed by atoms with Crippen molar-refractivity contribution in [2.75, 3.05) is 18.1 Å². The van der Waals surface area contributed by atoms with E-state index in [1.807, 2.05) is 11.8 Å². The molecule has 6 heteroatoms. The summed E-state index contributed by atoms with van der Waals surface area (Å²) in [7, 11) is 0. The molecule has 1 aromatic rings. The highest BCUT2D eigenvalue weighted by Crippen LogP contribution is 2.23. The molecule has 1 heterocycles. The average Bonchev–Trinajstić information content (AvgIpc) is 2.42. The molecule has 1 fully saturated rings. The summed E-state index contributed by atoms with van der Waals surface area (Å²) in [4.78, 5) is 10.3. The molecule has 1 saturated heterocycles. The van der Waals surface area contributed by atoms with Crippen LogP contribution in [0.4, 0.5) is 5.69 Å². The second kappa shape index (κ2) is 7.12. The molecule has 1 N–H and O–H groups in total. The Morgan fingerprint density at radius 2 is 2.16 bits per heavy atom. The maximum absolute atomic E-state index is 10.7. The highest BCUT2D eigenvalue weighted by Gasteiger charge is 2.14. The van der Waals surface area contributed by atoms with E-state index in [1.165, 1.54) is 30.4 Å². The molecule has 4 nitrogen and oxygen atoms in total. The van der Waals surface area contributed by atoms with Gasteiger partial charge in [0.2, 0.25) is 0 Å². The van der Waals surface area contributed by atoms with E-state index < -0.39 is 4.92 Å². The van der Waals surface area contributed by atoms with Gasteiger partial charge in [0.15, 0.2) is 0 Å². The molecule has 2 rings (SSSR count). The first kappa shape index (κ1) is 14.6. The van der Waals surface area contributed by atoms with Crippen LogP contribution in [0.3, 0.4) is 0 Å². The zero-order valence-electron chi connectivity index (χ0n) is 10.6. The second-order valence-corrected chi connectivity index (χ2v) is 6.35. The van der Waals surface area contributed by atoms with Crippen LogP contribution in [0, 0.1) is 16.0 Å². The van der Waals surface area contributed by atoms with Crippen molar-refractivity contribution >= 4 is 29.1 Å². The third-order valence-electron chi connectivity index (χ3n) is 3.33. The molecule has 0 aliphatic carbocycles. The molecular weight excluding hydrogens is 284 g/mol. The van der Waals surface area contributed by atoms with E-state index in [1.54, 1.807) is 12.1 Å². The maximum atomic E-state index is 10.7. The molecule has 0 bridgehead atoms. The van der Waals surface area contributed by atoms with Crippen molar-refractivity contribution < 1.29 is 4.92 Å². The zero-order valence-corrected chi connectivity index (χ0v) is 12.2. The summed E-state index contributed by atoms with van der Waals surface area (Å²) in [5.74, 6) is 3.20. The first-order valence-corrected chi connectivity index (χ1v) is 7.91. The molecule has 0 saturated carbocycles. The molecule has 0 radical (unpaired) electrons. The number of halogens is 1. The third-order valence-corrected chi connectivity index (χ3v) is 4.75. The van der Waals surface area contributed by atoms with Crippen molar-refractivity contribution in [2.45, 2.75) is 19.4 Å². The number of non-ortho nitro benzene ring substituents is 1. The molecule has 0 amide bonds. The van der Waals surface area contributed by atoms with E-state index in [2.05, 4.69) is 5.32 Å². The Balaban J connectivity index is 1.87. The molecule has 0 aromatic heterocycles. The Bertz CT molecular complexity index is 450. The number of nitro groups is 1. The van der Waals surface area contributed by atoms with E-state index in [0.717, 1.165) is 18.0 Å². The van der Waals surface area contributed by atoms with Crippen molar-refractivity contribution in [3.05, 3.63) is 38.9 Å². The Morgan fingerprint density at radius 1 is 1.42 bits per heavy atom. The number of rotatable bonds is 5. The minimum Gasteiger partial charge on any atom is -0.312 e. The van der Waals surface area contributed by atoms with Gasteiger partial charge in [-0.2, -0.15) is 11.8 Å². The lowest BCUT2D eigenvalue weighted by atomic mass is 10.0. The van der Waals surface area contributed by atoms with Gasteiger partial charge in [-0.25, -0.2) is 0 Å².